The van der Waals surface area contributed by atoms with Gasteiger partial charge < -0.3 is 14.6 Å². The lowest BCUT2D eigenvalue weighted by atomic mass is 10.0. The topological polar surface area (TPSA) is 55.8 Å². The van der Waals surface area contributed by atoms with Crippen LogP contribution in [0.1, 0.15) is 11.1 Å². The van der Waals surface area contributed by atoms with Crippen LogP contribution >= 0.6 is 0 Å². The summed E-state index contributed by atoms with van der Waals surface area (Å²) in [6.07, 6.45) is -0.0499. The van der Waals surface area contributed by atoms with Gasteiger partial charge in [0.25, 0.3) is 0 Å². The molecule has 3 rings (SSSR count). The lowest BCUT2D eigenvalue weighted by molar-refractivity contribution is -0.136. The molecule has 0 spiro atoms. The van der Waals surface area contributed by atoms with Crippen molar-refractivity contribution in [2.45, 2.75) is 13.0 Å². The van der Waals surface area contributed by atoms with E-state index in [9.17, 15) is 4.79 Å². The van der Waals surface area contributed by atoms with Gasteiger partial charge in [-0.05, 0) is 46.5 Å². The molecule has 0 radical (unpaired) electrons. The summed E-state index contributed by atoms with van der Waals surface area (Å²) in [5.74, 6) is 0.556. The number of rotatable bonds is 7. The number of carboxylic acids is 1. The van der Waals surface area contributed by atoms with Gasteiger partial charge in [-0.2, -0.15) is 0 Å². The van der Waals surface area contributed by atoms with Gasteiger partial charge in [0, 0.05) is 0 Å². The Balaban J connectivity index is 1.88. The Morgan fingerprint density at radius 1 is 0.846 bits per heavy atom. The molecule has 26 heavy (non-hydrogen) atoms. The van der Waals surface area contributed by atoms with E-state index in [-0.39, 0.29) is 6.42 Å². The second-order valence-corrected chi connectivity index (χ2v) is 5.94. The molecule has 132 valence electrons. The van der Waals surface area contributed by atoms with Gasteiger partial charge >= 0.3 is 5.97 Å². The van der Waals surface area contributed by atoms with E-state index in [0.717, 1.165) is 22.4 Å². The Hall–Kier alpha value is -3.27. The number of aliphatic carboxylic acids is 1. The van der Waals surface area contributed by atoms with Gasteiger partial charge in [0.15, 0.2) is 0 Å². The van der Waals surface area contributed by atoms with Crippen molar-refractivity contribution in [2.24, 2.45) is 0 Å². The average molecular weight is 348 g/mol. The number of carbonyl (C=O) groups is 1. The molecule has 4 heteroatoms. The Kier molecular flexibility index (Phi) is 5.54. The average Bonchev–Trinajstić information content (AvgIpc) is 2.66. The predicted molar refractivity (Wildman–Crippen MR) is 101 cm³/mol. The lowest BCUT2D eigenvalue weighted by Crippen LogP contribution is -2.02. The van der Waals surface area contributed by atoms with Gasteiger partial charge in [-0.15, -0.1) is 0 Å². The number of carboxylic acid groups (broad SMARTS) is 1. The highest BCUT2D eigenvalue weighted by Crippen LogP contribution is 2.28. The van der Waals surface area contributed by atoms with Crippen LogP contribution in [-0.2, 0) is 17.8 Å². The number of ether oxygens (including phenoxy) is 2. The van der Waals surface area contributed by atoms with Gasteiger partial charge in [0.2, 0.25) is 0 Å². The fourth-order valence-electron chi connectivity index (χ4n) is 2.71. The van der Waals surface area contributed by atoms with E-state index >= 15 is 0 Å². The second-order valence-electron chi connectivity index (χ2n) is 5.94. The SMILES string of the molecule is COc1ccc(-c2cc(CC(=O)O)cc(OCc3ccccc3)c2)cc1. The predicted octanol–water partition coefficient (Wildman–Crippen LogP) is 4.57. The minimum atomic E-state index is -0.870. The van der Waals surface area contributed by atoms with Crippen molar-refractivity contribution in [2.75, 3.05) is 7.11 Å². The van der Waals surface area contributed by atoms with E-state index in [1.807, 2.05) is 66.7 Å². The molecular formula is C22H20O4. The highest BCUT2D eigenvalue weighted by Gasteiger charge is 2.08. The van der Waals surface area contributed by atoms with Crippen molar-refractivity contribution in [3.05, 3.63) is 83.9 Å². The third-order valence-corrected chi connectivity index (χ3v) is 3.99. The third kappa shape index (κ3) is 4.63. The molecule has 0 heterocycles. The fraction of sp³-hybridized carbons (Fsp3) is 0.136. The standard InChI is InChI=1S/C22H20O4/c1-25-20-9-7-18(8-10-20)19-11-17(13-22(23)24)12-21(14-19)26-15-16-5-3-2-4-6-16/h2-12,14H,13,15H2,1H3,(H,23,24). The molecule has 0 atom stereocenters. The Morgan fingerprint density at radius 3 is 2.23 bits per heavy atom. The number of hydrogen-bond acceptors (Lipinski definition) is 3. The van der Waals surface area contributed by atoms with Gasteiger partial charge in [0.05, 0.1) is 13.5 Å². The summed E-state index contributed by atoms with van der Waals surface area (Å²) in [6, 6.07) is 23.1. The largest absolute Gasteiger partial charge is 0.497 e. The van der Waals surface area contributed by atoms with Gasteiger partial charge in [-0.1, -0.05) is 48.5 Å². The zero-order valence-corrected chi connectivity index (χ0v) is 14.5. The summed E-state index contributed by atoms with van der Waals surface area (Å²) in [5.41, 5.74) is 3.65. The van der Waals surface area contributed by atoms with Crippen LogP contribution in [0.25, 0.3) is 11.1 Å². The molecule has 0 aromatic heterocycles. The Labute approximate surface area is 152 Å². The number of benzene rings is 3. The smallest absolute Gasteiger partial charge is 0.307 e. The zero-order chi connectivity index (χ0) is 18.4. The van der Waals surface area contributed by atoms with Crippen LogP contribution in [0.2, 0.25) is 0 Å². The first-order valence-electron chi connectivity index (χ1n) is 8.31. The molecule has 0 fully saturated rings. The Bertz CT molecular complexity index is 870. The van der Waals surface area contributed by atoms with Crippen LogP contribution in [0.4, 0.5) is 0 Å². The number of hydrogen-bond donors (Lipinski definition) is 1. The molecule has 3 aromatic rings. The maximum atomic E-state index is 11.1. The summed E-state index contributed by atoms with van der Waals surface area (Å²) in [4.78, 5) is 11.1. The second kappa shape index (κ2) is 8.21. The highest BCUT2D eigenvalue weighted by atomic mass is 16.5. The van der Waals surface area contributed by atoms with Crippen molar-refractivity contribution in [3.8, 4) is 22.6 Å². The molecule has 1 N–H and O–H groups in total. The van der Waals surface area contributed by atoms with Gasteiger partial charge in [0.1, 0.15) is 18.1 Å². The normalized spacial score (nSPS) is 10.3. The quantitative estimate of drug-likeness (QED) is 0.680. The van der Waals surface area contributed by atoms with Crippen molar-refractivity contribution in [1.82, 2.24) is 0 Å². The van der Waals surface area contributed by atoms with Crippen LogP contribution < -0.4 is 9.47 Å². The van der Waals surface area contributed by atoms with Crippen LogP contribution in [0, 0.1) is 0 Å². The van der Waals surface area contributed by atoms with Crippen molar-refractivity contribution in [1.29, 1.82) is 0 Å². The summed E-state index contributed by atoms with van der Waals surface area (Å²) in [5, 5.41) is 9.14. The number of methoxy groups -OCH3 is 1. The van der Waals surface area contributed by atoms with Crippen molar-refractivity contribution in [3.63, 3.8) is 0 Å². The van der Waals surface area contributed by atoms with Crippen LogP contribution in [0.3, 0.4) is 0 Å². The third-order valence-electron chi connectivity index (χ3n) is 3.99. The molecule has 0 amide bonds. The molecule has 3 aromatic carbocycles. The molecule has 0 unspecified atom stereocenters. The summed E-state index contributed by atoms with van der Waals surface area (Å²) < 4.78 is 11.1. The summed E-state index contributed by atoms with van der Waals surface area (Å²) in [7, 11) is 1.62. The van der Waals surface area contributed by atoms with E-state index in [0.29, 0.717) is 17.9 Å². The van der Waals surface area contributed by atoms with E-state index in [1.165, 1.54) is 0 Å². The van der Waals surface area contributed by atoms with Crippen molar-refractivity contribution >= 4 is 5.97 Å². The molecule has 0 aliphatic carbocycles. The maximum absolute atomic E-state index is 11.1. The van der Waals surface area contributed by atoms with Crippen molar-refractivity contribution < 1.29 is 19.4 Å². The van der Waals surface area contributed by atoms with E-state index in [4.69, 9.17) is 14.6 Å². The molecule has 0 saturated heterocycles. The fourth-order valence-corrected chi connectivity index (χ4v) is 2.71. The Morgan fingerprint density at radius 2 is 1.58 bits per heavy atom. The lowest BCUT2D eigenvalue weighted by Gasteiger charge is -2.11. The van der Waals surface area contributed by atoms with Crippen LogP contribution in [0.5, 0.6) is 11.5 Å². The summed E-state index contributed by atoms with van der Waals surface area (Å²) >= 11 is 0. The molecule has 0 aliphatic heterocycles. The van der Waals surface area contributed by atoms with Crippen LogP contribution in [0.15, 0.2) is 72.8 Å². The highest BCUT2D eigenvalue weighted by molar-refractivity contribution is 5.73. The maximum Gasteiger partial charge on any atom is 0.307 e. The van der Waals surface area contributed by atoms with E-state index in [2.05, 4.69) is 0 Å². The molecule has 0 bridgehead atoms. The minimum Gasteiger partial charge on any atom is -0.497 e. The molecule has 4 nitrogen and oxygen atoms in total. The molecule has 0 saturated carbocycles. The molecule has 0 aliphatic rings. The van der Waals surface area contributed by atoms with E-state index in [1.54, 1.807) is 13.2 Å². The molecular weight excluding hydrogens is 328 g/mol. The first-order valence-corrected chi connectivity index (χ1v) is 8.31. The van der Waals surface area contributed by atoms with Crippen LogP contribution in [-0.4, -0.2) is 18.2 Å². The summed E-state index contributed by atoms with van der Waals surface area (Å²) in [6.45, 7) is 0.430. The zero-order valence-electron chi connectivity index (χ0n) is 14.5. The van der Waals surface area contributed by atoms with E-state index < -0.39 is 5.97 Å². The van der Waals surface area contributed by atoms with Gasteiger partial charge in [-0.25, -0.2) is 0 Å². The first-order chi connectivity index (χ1) is 12.6. The minimum absolute atomic E-state index is 0.0499. The first kappa shape index (κ1) is 17.5. The monoisotopic (exact) mass is 348 g/mol. The van der Waals surface area contributed by atoms with Gasteiger partial charge in [-0.3, -0.25) is 4.79 Å².